The number of benzene rings is 1. The minimum atomic E-state index is -0.471. The van der Waals surface area contributed by atoms with Crippen LogP contribution in [0.5, 0.6) is 5.75 Å². The quantitative estimate of drug-likeness (QED) is 0.473. The van der Waals surface area contributed by atoms with E-state index in [0.29, 0.717) is 25.2 Å². The van der Waals surface area contributed by atoms with Crippen LogP contribution in [0.15, 0.2) is 29.4 Å². The van der Waals surface area contributed by atoms with Crippen molar-refractivity contribution < 1.29 is 19.5 Å². The van der Waals surface area contributed by atoms with Gasteiger partial charge in [-0.2, -0.15) is 0 Å². The number of oxime groups is 1. The highest BCUT2D eigenvalue weighted by molar-refractivity contribution is 6.02. The fourth-order valence-electron chi connectivity index (χ4n) is 1.87. The summed E-state index contributed by atoms with van der Waals surface area (Å²) in [6, 6.07) is 6.74. The summed E-state index contributed by atoms with van der Waals surface area (Å²) >= 11 is 0. The third kappa shape index (κ3) is 4.57. The molecule has 0 heterocycles. The third-order valence-electron chi connectivity index (χ3n) is 2.94. The maximum atomic E-state index is 11.9. The molecule has 20 heavy (non-hydrogen) atoms. The van der Waals surface area contributed by atoms with Crippen LogP contribution in [0.4, 0.5) is 0 Å². The van der Waals surface area contributed by atoms with Crippen molar-refractivity contribution in [3.05, 3.63) is 29.8 Å². The minimum Gasteiger partial charge on any atom is -0.508 e. The molecule has 0 amide bonds. The first kappa shape index (κ1) is 16.0. The number of hydrogen-bond acceptors (Lipinski definition) is 5. The summed E-state index contributed by atoms with van der Waals surface area (Å²) in [7, 11) is 1.36. The van der Waals surface area contributed by atoms with E-state index in [2.05, 4.69) is 5.16 Å². The van der Waals surface area contributed by atoms with Gasteiger partial charge in [-0.1, -0.05) is 24.2 Å². The van der Waals surface area contributed by atoms with E-state index in [1.165, 1.54) is 7.11 Å². The lowest BCUT2D eigenvalue weighted by Gasteiger charge is -2.16. The molecule has 0 aliphatic rings. The Kier molecular flexibility index (Phi) is 6.56. The van der Waals surface area contributed by atoms with Gasteiger partial charge in [0.25, 0.3) is 0 Å². The molecule has 1 N–H and O–H groups in total. The number of phenols is 1. The van der Waals surface area contributed by atoms with Gasteiger partial charge in [0.15, 0.2) is 0 Å². The summed E-state index contributed by atoms with van der Waals surface area (Å²) in [5, 5.41) is 13.3. The Bertz CT molecular complexity index is 453. The van der Waals surface area contributed by atoms with E-state index in [1.807, 2.05) is 13.8 Å². The number of carbonyl (C=O) groups excluding carboxylic acids is 1. The van der Waals surface area contributed by atoms with E-state index in [4.69, 9.17) is 9.57 Å². The normalized spacial score (nSPS) is 12.8. The van der Waals surface area contributed by atoms with Crippen molar-refractivity contribution in [3.63, 3.8) is 0 Å². The summed E-state index contributed by atoms with van der Waals surface area (Å²) in [6.07, 6.45) is 1.07. The Morgan fingerprint density at radius 3 is 2.45 bits per heavy atom. The van der Waals surface area contributed by atoms with Gasteiger partial charge >= 0.3 is 5.97 Å². The van der Waals surface area contributed by atoms with Crippen LogP contribution < -0.4 is 0 Å². The molecule has 1 aromatic rings. The molecule has 0 spiro atoms. The first-order chi connectivity index (χ1) is 9.62. The summed E-state index contributed by atoms with van der Waals surface area (Å²) < 4.78 is 4.85. The lowest BCUT2D eigenvalue weighted by Crippen LogP contribution is -2.27. The molecule has 1 aromatic carbocycles. The Balaban J connectivity index is 2.93. The number of methoxy groups -OCH3 is 1. The summed E-state index contributed by atoms with van der Waals surface area (Å²) in [4.78, 5) is 17.0. The number of carbonyl (C=O) groups is 1. The fraction of sp³-hybridized carbons (Fsp3) is 0.467. The molecule has 0 saturated carbocycles. The van der Waals surface area contributed by atoms with Gasteiger partial charge in [-0.15, -0.1) is 0 Å². The average molecular weight is 279 g/mol. The maximum Gasteiger partial charge on any atom is 0.314 e. The maximum absolute atomic E-state index is 11.9. The van der Waals surface area contributed by atoms with E-state index >= 15 is 0 Å². The van der Waals surface area contributed by atoms with Gasteiger partial charge in [0.2, 0.25) is 0 Å². The topological polar surface area (TPSA) is 68.1 Å². The monoisotopic (exact) mass is 279 g/mol. The smallest absolute Gasteiger partial charge is 0.314 e. The zero-order valence-electron chi connectivity index (χ0n) is 12.1. The zero-order valence-corrected chi connectivity index (χ0v) is 12.1. The van der Waals surface area contributed by atoms with E-state index in [1.54, 1.807) is 24.3 Å². The number of rotatable bonds is 7. The van der Waals surface area contributed by atoms with Crippen LogP contribution in [0, 0.1) is 5.92 Å². The van der Waals surface area contributed by atoms with Gasteiger partial charge in [0.1, 0.15) is 18.3 Å². The lowest BCUT2D eigenvalue weighted by atomic mass is 9.93. The van der Waals surface area contributed by atoms with Crippen molar-refractivity contribution in [2.45, 2.75) is 26.7 Å². The van der Waals surface area contributed by atoms with Crippen LogP contribution in [0.3, 0.4) is 0 Å². The summed E-state index contributed by atoms with van der Waals surface area (Å²) in [6.45, 7) is 4.21. The molecule has 1 atom stereocenters. The number of ether oxygens (including phenoxy) is 1. The third-order valence-corrected chi connectivity index (χ3v) is 2.94. The number of esters is 1. The Labute approximate surface area is 119 Å². The number of aromatic hydroxyl groups is 1. The van der Waals surface area contributed by atoms with Crippen molar-refractivity contribution >= 4 is 11.7 Å². The SMILES string of the molecule is CCO/N=C(/CC)C(Cc1ccc(O)cc1)C(=O)OC. The van der Waals surface area contributed by atoms with E-state index < -0.39 is 5.92 Å². The van der Waals surface area contributed by atoms with Crippen LogP contribution in [-0.2, 0) is 20.8 Å². The molecule has 0 bridgehead atoms. The number of phenolic OH excluding ortho intramolecular Hbond substituents is 1. The van der Waals surface area contributed by atoms with Gasteiger partial charge in [0.05, 0.1) is 12.8 Å². The summed E-state index contributed by atoms with van der Waals surface area (Å²) in [5.41, 5.74) is 1.59. The van der Waals surface area contributed by atoms with Crippen LogP contribution in [0.2, 0.25) is 0 Å². The largest absolute Gasteiger partial charge is 0.508 e. The molecule has 0 aromatic heterocycles. The summed E-state index contributed by atoms with van der Waals surface area (Å²) in [5.74, 6) is -0.610. The Hall–Kier alpha value is -2.04. The molecule has 0 aliphatic heterocycles. The van der Waals surface area contributed by atoms with E-state index in [0.717, 1.165) is 5.56 Å². The molecule has 0 fully saturated rings. The minimum absolute atomic E-state index is 0.196. The van der Waals surface area contributed by atoms with Crippen LogP contribution in [0.1, 0.15) is 25.8 Å². The van der Waals surface area contributed by atoms with Crippen LogP contribution in [0.25, 0.3) is 0 Å². The zero-order chi connectivity index (χ0) is 15.0. The second-order valence-corrected chi connectivity index (χ2v) is 4.30. The van der Waals surface area contributed by atoms with Crippen LogP contribution >= 0.6 is 0 Å². The molecular formula is C15H21NO4. The van der Waals surface area contributed by atoms with Crippen molar-refractivity contribution in [1.29, 1.82) is 0 Å². The molecule has 0 saturated heterocycles. The number of nitrogens with zero attached hydrogens (tertiary/aromatic N) is 1. The first-order valence-corrected chi connectivity index (χ1v) is 6.66. The predicted octanol–water partition coefficient (Wildman–Crippen LogP) is 2.53. The highest BCUT2D eigenvalue weighted by atomic mass is 16.6. The van der Waals surface area contributed by atoms with Crippen molar-refractivity contribution in [2.75, 3.05) is 13.7 Å². The average Bonchev–Trinajstić information content (AvgIpc) is 2.47. The van der Waals surface area contributed by atoms with Gasteiger partial charge < -0.3 is 14.7 Å². The predicted molar refractivity (Wildman–Crippen MR) is 76.7 cm³/mol. The van der Waals surface area contributed by atoms with E-state index in [-0.39, 0.29) is 11.7 Å². The Morgan fingerprint density at radius 1 is 1.30 bits per heavy atom. The van der Waals surface area contributed by atoms with Gasteiger partial charge in [-0.25, -0.2) is 0 Å². The van der Waals surface area contributed by atoms with Crippen molar-refractivity contribution in [3.8, 4) is 5.75 Å². The highest BCUT2D eigenvalue weighted by Crippen LogP contribution is 2.17. The van der Waals surface area contributed by atoms with Crippen LogP contribution in [-0.4, -0.2) is 30.5 Å². The molecule has 1 rings (SSSR count). The highest BCUT2D eigenvalue weighted by Gasteiger charge is 2.25. The molecule has 0 aliphatic carbocycles. The standard InChI is InChI=1S/C15H21NO4/c1-4-14(16-20-5-2)13(15(18)19-3)10-11-6-8-12(17)9-7-11/h6-9,13,17H,4-5,10H2,1-3H3/b16-14-. The van der Waals surface area contributed by atoms with Crippen molar-refractivity contribution in [1.82, 2.24) is 0 Å². The molecule has 110 valence electrons. The second kappa shape index (κ2) is 8.19. The van der Waals surface area contributed by atoms with E-state index in [9.17, 15) is 9.90 Å². The van der Waals surface area contributed by atoms with Gasteiger partial charge in [-0.3, -0.25) is 4.79 Å². The molecular weight excluding hydrogens is 258 g/mol. The lowest BCUT2D eigenvalue weighted by molar-refractivity contribution is -0.143. The molecule has 5 heteroatoms. The number of hydrogen-bond donors (Lipinski definition) is 1. The van der Waals surface area contributed by atoms with Gasteiger partial charge in [-0.05, 0) is 37.5 Å². The van der Waals surface area contributed by atoms with Gasteiger partial charge in [0, 0.05) is 0 Å². The fourth-order valence-corrected chi connectivity index (χ4v) is 1.87. The second-order valence-electron chi connectivity index (χ2n) is 4.30. The molecule has 1 unspecified atom stereocenters. The molecule has 5 nitrogen and oxygen atoms in total. The van der Waals surface area contributed by atoms with Crippen molar-refractivity contribution in [2.24, 2.45) is 11.1 Å². The Morgan fingerprint density at radius 2 is 1.95 bits per heavy atom. The molecule has 0 radical (unpaired) electrons. The first-order valence-electron chi connectivity index (χ1n) is 6.66.